The fourth-order valence-corrected chi connectivity index (χ4v) is 3.27. The van der Waals surface area contributed by atoms with E-state index in [-0.39, 0.29) is 11.9 Å². The minimum atomic E-state index is -0.502. The molecule has 0 saturated carbocycles. The lowest BCUT2D eigenvalue weighted by Crippen LogP contribution is -2.47. The van der Waals surface area contributed by atoms with Gasteiger partial charge in [0.1, 0.15) is 11.4 Å². The van der Waals surface area contributed by atoms with Crippen LogP contribution < -0.4 is 10.1 Å². The molecule has 2 rings (SSSR count). The Morgan fingerprint density at radius 2 is 1.89 bits per heavy atom. The maximum absolute atomic E-state index is 12.3. The van der Waals surface area contributed by atoms with Crippen LogP contribution in [0.4, 0.5) is 4.79 Å². The molecule has 0 aromatic heterocycles. The van der Waals surface area contributed by atoms with Gasteiger partial charge in [-0.05, 0) is 68.1 Å². The average molecular weight is 441 g/mol. The summed E-state index contributed by atoms with van der Waals surface area (Å²) in [6, 6.07) is 7.73. The number of benzene rings is 1. The lowest BCUT2D eigenvalue weighted by atomic mass is 10.0. The molecule has 1 aromatic carbocycles. The Hall–Kier alpha value is -1.76. The monoisotopic (exact) mass is 440 g/mol. The standard InChI is InChI=1S/C20H29BrN2O4/c1-20(2,3)27-19(25)22-15-10-12-23(13-11-15)18(24)9-6-14-26-17-8-5-4-7-16(17)21/h4-5,7-8,15H,6,9-14H2,1-3H3,(H,22,25). The van der Waals surface area contributed by atoms with E-state index in [1.807, 2.05) is 49.9 Å². The van der Waals surface area contributed by atoms with Gasteiger partial charge in [0.15, 0.2) is 0 Å². The highest BCUT2D eigenvalue weighted by atomic mass is 79.9. The summed E-state index contributed by atoms with van der Waals surface area (Å²) in [4.78, 5) is 26.0. The van der Waals surface area contributed by atoms with Gasteiger partial charge in [-0.15, -0.1) is 0 Å². The molecule has 0 unspecified atom stereocenters. The van der Waals surface area contributed by atoms with Gasteiger partial charge in [-0.3, -0.25) is 4.79 Å². The van der Waals surface area contributed by atoms with Crippen molar-refractivity contribution in [3.05, 3.63) is 28.7 Å². The van der Waals surface area contributed by atoms with E-state index in [4.69, 9.17) is 9.47 Å². The number of para-hydroxylation sites is 1. The molecule has 1 heterocycles. The molecule has 1 fully saturated rings. The summed E-state index contributed by atoms with van der Waals surface area (Å²) in [5, 5.41) is 2.89. The van der Waals surface area contributed by atoms with Gasteiger partial charge in [-0.25, -0.2) is 4.79 Å². The predicted molar refractivity (Wildman–Crippen MR) is 108 cm³/mol. The van der Waals surface area contributed by atoms with Gasteiger partial charge in [0, 0.05) is 25.6 Å². The van der Waals surface area contributed by atoms with Crippen LogP contribution in [0.3, 0.4) is 0 Å². The Labute approximate surface area is 169 Å². The summed E-state index contributed by atoms with van der Waals surface area (Å²) >= 11 is 3.44. The van der Waals surface area contributed by atoms with E-state index in [1.165, 1.54) is 0 Å². The molecule has 1 N–H and O–H groups in total. The molecule has 0 bridgehead atoms. The number of alkyl carbamates (subject to hydrolysis) is 1. The normalized spacial score (nSPS) is 15.3. The number of carbonyl (C=O) groups is 2. The molecule has 0 aliphatic carbocycles. The van der Waals surface area contributed by atoms with Crippen molar-refractivity contribution in [2.45, 2.75) is 58.1 Å². The third-order valence-electron chi connectivity index (χ3n) is 4.20. The van der Waals surface area contributed by atoms with Crippen LogP contribution in [0.25, 0.3) is 0 Å². The van der Waals surface area contributed by atoms with Crippen molar-refractivity contribution in [3.63, 3.8) is 0 Å². The van der Waals surface area contributed by atoms with Crippen LogP contribution in [0.1, 0.15) is 46.5 Å². The first-order valence-corrected chi connectivity index (χ1v) is 10.2. The van der Waals surface area contributed by atoms with Gasteiger partial charge < -0.3 is 19.7 Å². The van der Waals surface area contributed by atoms with E-state index < -0.39 is 11.7 Å². The Morgan fingerprint density at radius 1 is 1.22 bits per heavy atom. The molecule has 0 spiro atoms. The first-order valence-electron chi connectivity index (χ1n) is 9.39. The fraction of sp³-hybridized carbons (Fsp3) is 0.600. The summed E-state index contributed by atoms with van der Waals surface area (Å²) in [5.41, 5.74) is -0.502. The lowest BCUT2D eigenvalue weighted by Gasteiger charge is -2.33. The molecule has 7 heteroatoms. The first kappa shape index (κ1) is 21.5. The third kappa shape index (κ3) is 7.79. The van der Waals surface area contributed by atoms with Gasteiger partial charge in [0.25, 0.3) is 0 Å². The second-order valence-corrected chi connectivity index (χ2v) is 8.54. The zero-order valence-electron chi connectivity index (χ0n) is 16.3. The minimum absolute atomic E-state index is 0.0580. The molecule has 1 aliphatic rings. The number of rotatable bonds is 6. The highest BCUT2D eigenvalue weighted by Crippen LogP contribution is 2.24. The van der Waals surface area contributed by atoms with E-state index in [0.29, 0.717) is 32.5 Å². The van der Waals surface area contributed by atoms with E-state index >= 15 is 0 Å². The van der Waals surface area contributed by atoms with E-state index in [1.54, 1.807) is 0 Å². The molecular formula is C20H29BrN2O4. The number of likely N-dealkylation sites (tertiary alicyclic amines) is 1. The van der Waals surface area contributed by atoms with Crippen molar-refractivity contribution in [3.8, 4) is 5.75 Å². The smallest absolute Gasteiger partial charge is 0.407 e. The highest BCUT2D eigenvalue weighted by molar-refractivity contribution is 9.10. The highest BCUT2D eigenvalue weighted by Gasteiger charge is 2.25. The van der Waals surface area contributed by atoms with Crippen LogP contribution in [-0.2, 0) is 9.53 Å². The van der Waals surface area contributed by atoms with Gasteiger partial charge in [-0.2, -0.15) is 0 Å². The molecule has 6 nitrogen and oxygen atoms in total. The fourth-order valence-electron chi connectivity index (χ4n) is 2.87. The largest absolute Gasteiger partial charge is 0.492 e. The predicted octanol–water partition coefficient (Wildman–Crippen LogP) is 4.12. The van der Waals surface area contributed by atoms with Crippen molar-refractivity contribution < 1.29 is 19.1 Å². The maximum atomic E-state index is 12.3. The van der Waals surface area contributed by atoms with Crippen molar-refractivity contribution in [1.82, 2.24) is 10.2 Å². The van der Waals surface area contributed by atoms with Gasteiger partial charge in [0.05, 0.1) is 11.1 Å². The summed E-state index contributed by atoms with van der Waals surface area (Å²) in [6.45, 7) is 7.34. The van der Waals surface area contributed by atoms with Crippen LogP contribution in [0.5, 0.6) is 5.75 Å². The van der Waals surface area contributed by atoms with Crippen LogP contribution in [-0.4, -0.2) is 48.2 Å². The van der Waals surface area contributed by atoms with Gasteiger partial charge >= 0.3 is 6.09 Å². The third-order valence-corrected chi connectivity index (χ3v) is 4.85. The van der Waals surface area contributed by atoms with Crippen LogP contribution in [0.2, 0.25) is 0 Å². The molecule has 27 heavy (non-hydrogen) atoms. The molecule has 1 aliphatic heterocycles. The van der Waals surface area contributed by atoms with Crippen LogP contribution in [0.15, 0.2) is 28.7 Å². The number of amides is 2. The van der Waals surface area contributed by atoms with Crippen LogP contribution >= 0.6 is 15.9 Å². The molecule has 0 atom stereocenters. The summed E-state index contributed by atoms with van der Waals surface area (Å²) in [5.74, 6) is 0.931. The first-order chi connectivity index (χ1) is 12.7. The number of hydrogen-bond acceptors (Lipinski definition) is 4. The maximum Gasteiger partial charge on any atom is 0.407 e. The number of ether oxygens (including phenoxy) is 2. The summed E-state index contributed by atoms with van der Waals surface area (Å²) in [6.07, 6.45) is 2.25. The molecule has 0 radical (unpaired) electrons. The quantitative estimate of drug-likeness (QED) is 0.675. The number of nitrogens with one attached hydrogen (secondary N) is 1. The topological polar surface area (TPSA) is 67.9 Å². The van der Waals surface area contributed by atoms with E-state index in [2.05, 4.69) is 21.2 Å². The lowest BCUT2D eigenvalue weighted by molar-refractivity contribution is -0.132. The second kappa shape index (κ2) is 9.97. The Bertz CT molecular complexity index is 637. The van der Waals surface area contributed by atoms with Gasteiger partial charge in [0.2, 0.25) is 5.91 Å². The number of hydrogen-bond donors (Lipinski definition) is 1. The van der Waals surface area contributed by atoms with Crippen molar-refractivity contribution >= 4 is 27.9 Å². The zero-order chi connectivity index (χ0) is 19.9. The zero-order valence-corrected chi connectivity index (χ0v) is 17.9. The van der Waals surface area contributed by atoms with Gasteiger partial charge in [-0.1, -0.05) is 12.1 Å². The Balaban J connectivity index is 1.63. The Kier molecular flexibility index (Phi) is 7.95. The van der Waals surface area contributed by atoms with E-state index in [0.717, 1.165) is 23.1 Å². The van der Waals surface area contributed by atoms with Crippen molar-refractivity contribution in [2.24, 2.45) is 0 Å². The number of nitrogens with zero attached hydrogens (tertiary/aromatic N) is 1. The summed E-state index contributed by atoms with van der Waals surface area (Å²) < 4.78 is 11.9. The van der Waals surface area contributed by atoms with Crippen molar-refractivity contribution in [2.75, 3.05) is 19.7 Å². The number of piperidine rings is 1. The average Bonchev–Trinajstić information content (AvgIpc) is 2.59. The molecule has 1 saturated heterocycles. The van der Waals surface area contributed by atoms with Crippen molar-refractivity contribution in [1.29, 1.82) is 0 Å². The van der Waals surface area contributed by atoms with E-state index in [9.17, 15) is 9.59 Å². The number of carbonyl (C=O) groups excluding carboxylic acids is 2. The molecule has 1 aromatic rings. The minimum Gasteiger partial charge on any atom is -0.492 e. The second-order valence-electron chi connectivity index (χ2n) is 7.68. The summed E-state index contributed by atoms with van der Waals surface area (Å²) in [7, 11) is 0. The van der Waals surface area contributed by atoms with Crippen LogP contribution in [0, 0.1) is 0 Å². The Morgan fingerprint density at radius 3 is 2.52 bits per heavy atom. The molecule has 150 valence electrons. The number of halogens is 1. The molecule has 2 amide bonds. The SMILES string of the molecule is CC(C)(C)OC(=O)NC1CCN(C(=O)CCCOc2ccccc2Br)CC1. The molecular weight excluding hydrogens is 412 g/mol.